The molecule has 1 unspecified atom stereocenters. The van der Waals surface area contributed by atoms with E-state index in [2.05, 4.69) is 5.32 Å². The van der Waals surface area contributed by atoms with E-state index in [4.69, 9.17) is 15.4 Å². The molecule has 0 saturated heterocycles. The Morgan fingerprint density at radius 3 is 2.52 bits per heavy atom. The molecular formula is C12H14ClF2NO4S. The number of benzene rings is 1. The van der Waals surface area contributed by atoms with Gasteiger partial charge in [0.05, 0.1) is 0 Å². The Bertz CT molecular complexity index is 636. The second kappa shape index (κ2) is 7.04. The van der Waals surface area contributed by atoms with Crippen molar-refractivity contribution in [2.45, 2.75) is 31.3 Å². The maximum absolute atomic E-state index is 13.7. The van der Waals surface area contributed by atoms with E-state index in [9.17, 15) is 22.0 Å². The Kier molecular flexibility index (Phi) is 5.91. The maximum atomic E-state index is 13.7. The van der Waals surface area contributed by atoms with Crippen LogP contribution >= 0.6 is 10.7 Å². The fourth-order valence-electron chi connectivity index (χ4n) is 1.43. The van der Waals surface area contributed by atoms with Crippen molar-refractivity contribution in [1.82, 2.24) is 5.32 Å². The number of rotatable bonds is 6. The highest BCUT2D eigenvalue weighted by Crippen LogP contribution is 2.28. The first-order valence-corrected chi connectivity index (χ1v) is 8.36. The first-order chi connectivity index (χ1) is 9.68. The molecule has 0 aliphatic carbocycles. The summed E-state index contributed by atoms with van der Waals surface area (Å²) < 4.78 is 54.3. The number of ether oxygens (including phenoxy) is 1. The van der Waals surface area contributed by atoms with Gasteiger partial charge in [0.1, 0.15) is 4.90 Å². The molecule has 1 aromatic rings. The lowest BCUT2D eigenvalue weighted by atomic mass is 10.3. The third-order valence-corrected chi connectivity index (χ3v) is 3.84. The topological polar surface area (TPSA) is 72.5 Å². The van der Waals surface area contributed by atoms with Crippen molar-refractivity contribution in [3.63, 3.8) is 0 Å². The Hall–Kier alpha value is -1.41. The molecule has 0 saturated carbocycles. The summed E-state index contributed by atoms with van der Waals surface area (Å²) in [7, 11) is 0.555. The molecule has 0 aliphatic heterocycles. The summed E-state index contributed by atoms with van der Waals surface area (Å²) in [4.78, 5) is 10.6. The van der Waals surface area contributed by atoms with Crippen LogP contribution in [-0.4, -0.2) is 27.0 Å². The normalized spacial score (nSPS) is 12.8. The Labute approximate surface area is 125 Å². The molecule has 118 valence electrons. The molecule has 1 N–H and O–H groups in total. The number of nitrogens with one attached hydrogen (secondary N) is 1. The summed E-state index contributed by atoms with van der Waals surface area (Å²) in [6, 6.07) is 1.67. The van der Waals surface area contributed by atoms with Gasteiger partial charge in [0, 0.05) is 17.2 Å². The molecular weight excluding hydrogens is 328 g/mol. The first kappa shape index (κ1) is 17.6. The Balaban J connectivity index is 2.96. The molecule has 1 aromatic carbocycles. The second-order valence-electron chi connectivity index (χ2n) is 4.18. The number of carbonyl (C=O) groups excluding carboxylic acids is 1. The third-order valence-electron chi connectivity index (χ3n) is 2.50. The molecule has 0 aliphatic rings. The van der Waals surface area contributed by atoms with Crippen LogP contribution in [0.2, 0.25) is 0 Å². The lowest BCUT2D eigenvalue weighted by Gasteiger charge is -2.15. The molecule has 0 spiro atoms. The van der Waals surface area contributed by atoms with Crippen molar-refractivity contribution < 1.29 is 26.7 Å². The number of halogens is 3. The third kappa shape index (κ3) is 4.53. The summed E-state index contributed by atoms with van der Waals surface area (Å²) in [5.74, 6) is -4.24. The zero-order valence-corrected chi connectivity index (χ0v) is 12.9. The number of hydrogen-bond donors (Lipinski definition) is 1. The highest BCUT2D eigenvalue weighted by molar-refractivity contribution is 8.13. The van der Waals surface area contributed by atoms with Gasteiger partial charge in [0.15, 0.2) is 17.7 Å². The lowest BCUT2D eigenvalue weighted by molar-refractivity contribution is -0.127. The summed E-state index contributed by atoms with van der Waals surface area (Å²) in [6.45, 7) is 3.63. The van der Waals surface area contributed by atoms with E-state index in [0.29, 0.717) is 13.0 Å². The molecule has 1 amide bonds. The average Bonchev–Trinajstić information content (AvgIpc) is 2.39. The van der Waals surface area contributed by atoms with E-state index in [1.165, 1.54) is 6.92 Å². The van der Waals surface area contributed by atoms with Crippen molar-refractivity contribution in [1.29, 1.82) is 0 Å². The van der Waals surface area contributed by atoms with Crippen molar-refractivity contribution >= 4 is 25.6 Å². The SMILES string of the molecule is CCCNC(=O)C(C)Oc1ccc(S(=O)(=O)Cl)c(F)c1F. The molecule has 0 radical (unpaired) electrons. The molecule has 1 atom stereocenters. The number of carbonyl (C=O) groups is 1. The highest BCUT2D eigenvalue weighted by Gasteiger charge is 2.24. The first-order valence-electron chi connectivity index (χ1n) is 6.05. The van der Waals surface area contributed by atoms with Gasteiger partial charge in [0.2, 0.25) is 5.82 Å². The largest absolute Gasteiger partial charge is 0.478 e. The fraction of sp³-hybridized carbons (Fsp3) is 0.417. The van der Waals surface area contributed by atoms with Crippen molar-refractivity contribution in [3.8, 4) is 5.75 Å². The predicted molar refractivity (Wildman–Crippen MR) is 72.8 cm³/mol. The highest BCUT2D eigenvalue weighted by atomic mass is 35.7. The van der Waals surface area contributed by atoms with Crippen LogP contribution in [-0.2, 0) is 13.8 Å². The summed E-state index contributed by atoms with van der Waals surface area (Å²) in [6.07, 6.45) is -0.354. The number of amides is 1. The van der Waals surface area contributed by atoms with Crippen LogP contribution in [0.4, 0.5) is 8.78 Å². The van der Waals surface area contributed by atoms with E-state index in [0.717, 1.165) is 12.1 Å². The summed E-state index contributed by atoms with van der Waals surface area (Å²) in [5.41, 5.74) is 0. The lowest BCUT2D eigenvalue weighted by Crippen LogP contribution is -2.36. The van der Waals surface area contributed by atoms with E-state index in [1.54, 1.807) is 0 Å². The van der Waals surface area contributed by atoms with Gasteiger partial charge in [-0.15, -0.1) is 0 Å². The van der Waals surface area contributed by atoms with Gasteiger partial charge in [-0.3, -0.25) is 4.79 Å². The molecule has 1 rings (SSSR count). The van der Waals surface area contributed by atoms with E-state index >= 15 is 0 Å². The molecule has 0 aromatic heterocycles. The van der Waals surface area contributed by atoms with Gasteiger partial charge >= 0.3 is 0 Å². The fourth-order valence-corrected chi connectivity index (χ4v) is 2.32. The average molecular weight is 342 g/mol. The van der Waals surface area contributed by atoms with Crippen molar-refractivity contribution in [3.05, 3.63) is 23.8 Å². The van der Waals surface area contributed by atoms with Crippen LogP contribution in [0, 0.1) is 11.6 Å². The van der Waals surface area contributed by atoms with Crippen LogP contribution in [0.5, 0.6) is 5.75 Å². The quantitative estimate of drug-likeness (QED) is 0.805. The van der Waals surface area contributed by atoms with Crippen LogP contribution in [0.3, 0.4) is 0 Å². The van der Waals surface area contributed by atoms with Gasteiger partial charge in [0.25, 0.3) is 15.0 Å². The van der Waals surface area contributed by atoms with Crippen LogP contribution in [0.1, 0.15) is 20.3 Å². The zero-order valence-electron chi connectivity index (χ0n) is 11.3. The van der Waals surface area contributed by atoms with Gasteiger partial charge < -0.3 is 10.1 Å². The molecule has 21 heavy (non-hydrogen) atoms. The van der Waals surface area contributed by atoms with E-state index < -0.39 is 43.3 Å². The molecule has 9 heteroatoms. The maximum Gasteiger partial charge on any atom is 0.264 e. The summed E-state index contributed by atoms with van der Waals surface area (Å²) in [5, 5.41) is 2.52. The van der Waals surface area contributed by atoms with Crippen LogP contribution in [0.25, 0.3) is 0 Å². The molecule has 0 fully saturated rings. The minimum Gasteiger partial charge on any atom is -0.478 e. The number of hydrogen-bond acceptors (Lipinski definition) is 4. The standard InChI is InChI=1S/C12H14ClF2NO4S/c1-3-6-16-12(17)7(2)20-8-4-5-9(21(13,18)19)11(15)10(8)14/h4-5,7H,3,6H2,1-2H3,(H,16,17). The van der Waals surface area contributed by atoms with Gasteiger partial charge in [-0.2, -0.15) is 4.39 Å². The van der Waals surface area contributed by atoms with Crippen LogP contribution < -0.4 is 10.1 Å². The minimum atomic E-state index is -4.41. The second-order valence-corrected chi connectivity index (χ2v) is 6.71. The monoisotopic (exact) mass is 341 g/mol. The van der Waals surface area contributed by atoms with Crippen molar-refractivity contribution in [2.24, 2.45) is 0 Å². The van der Waals surface area contributed by atoms with E-state index in [1.807, 2.05) is 6.92 Å². The van der Waals surface area contributed by atoms with Gasteiger partial charge in [-0.1, -0.05) is 6.92 Å². The van der Waals surface area contributed by atoms with Crippen molar-refractivity contribution in [2.75, 3.05) is 6.54 Å². The molecule has 0 heterocycles. The van der Waals surface area contributed by atoms with Gasteiger partial charge in [-0.05, 0) is 25.5 Å². The molecule has 5 nitrogen and oxygen atoms in total. The smallest absolute Gasteiger partial charge is 0.264 e. The van der Waals surface area contributed by atoms with Crippen LogP contribution in [0.15, 0.2) is 17.0 Å². The zero-order chi connectivity index (χ0) is 16.2. The predicted octanol–water partition coefficient (Wildman–Crippen LogP) is 2.19. The minimum absolute atomic E-state index is 0.423. The Morgan fingerprint density at radius 1 is 1.38 bits per heavy atom. The molecule has 0 bridgehead atoms. The van der Waals surface area contributed by atoms with E-state index in [-0.39, 0.29) is 0 Å². The Morgan fingerprint density at radius 2 is 2.00 bits per heavy atom. The van der Waals surface area contributed by atoms with Gasteiger partial charge in [-0.25, -0.2) is 12.8 Å². The summed E-state index contributed by atoms with van der Waals surface area (Å²) >= 11 is 0.